The average Bonchev–Trinajstić information content (AvgIpc) is 2.99. The smallest absolute Gasteiger partial charge is 0.354 e. The van der Waals surface area contributed by atoms with Gasteiger partial charge >= 0.3 is 5.97 Å². The highest BCUT2D eigenvalue weighted by atomic mass is 16.4. The van der Waals surface area contributed by atoms with Crippen LogP contribution in [0.5, 0.6) is 0 Å². The maximum Gasteiger partial charge on any atom is 0.354 e. The number of aromatic carboxylic acids is 1. The largest absolute Gasteiger partial charge is 0.477 e. The van der Waals surface area contributed by atoms with Gasteiger partial charge in [-0.25, -0.2) is 9.78 Å². The van der Waals surface area contributed by atoms with Gasteiger partial charge in [0.05, 0.1) is 0 Å². The van der Waals surface area contributed by atoms with Crippen molar-refractivity contribution in [3.05, 3.63) is 77.1 Å². The van der Waals surface area contributed by atoms with Crippen LogP contribution in [0.2, 0.25) is 0 Å². The molecule has 3 rings (SSSR count). The molecule has 1 amide bonds. The summed E-state index contributed by atoms with van der Waals surface area (Å²) in [5.74, 6) is -0.414. The van der Waals surface area contributed by atoms with E-state index in [1.165, 1.54) is 18.2 Å². The molecule has 0 unspecified atom stereocenters. The lowest BCUT2D eigenvalue weighted by atomic mass is 10.1. The second kappa shape index (κ2) is 7.14. The zero-order valence-corrected chi connectivity index (χ0v) is 14.2. The number of nitrogens with one attached hydrogen (secondary N) is 1. The molecule has 3 aromatic rings. The Balaban J connectivity index is 1.96. The van der Waals surface area contributed by atoms with Crippen LogP contribution in [0.3, 0.4) is 0 Å². The third-order valence-electron chi connectivity index (χ3n) is 3.99. The molecule has 0 bridgehead atoms. The van der Waals surface area contributed by atoms with Gasteiger partial charge in [0.15, 0.2) is 5.82 Å². The van der Waals surface area contributed by atoms with E-state index in [1.54, 1.807) is 4.57 Å². The van der Waals surface area contributed by atoms with E-state index in [4.69, 9.17) is 5.11 Å². The third-order valence-corrected chi connectivity index (χ3v) is 3.99. The van der Waals surface area contributed by atoms with Crippen LogP contribution < -0.4 is 5.32 Å². The molecule has 0 spiro atoms. The van der Waals surface area contributed by atoms with Crippen LogP contribution >= 0.6 is 0 Å². The number of aromatic nitrogens is 4. The van der Waals surface area contributed by atoms with Crippen LogP contribution in [0.1, 0.15) is 44.2 Å². The Bertz CT molecular complexity index is 952. The first-order valence-corrected chi connectivity index (χ1v) is 7.89. The van der Waals surface area contributed by atoms with Gasteiger partial charge in [0.25, 0.3) is 5.91 Å². The number of aryl methyl sites for hydroxylation is 1. The van der Waals surface area contributed by atoms with Crippen LogP contribution in [-0.2, 0) is 7.05 Å². The highest BCUT2D eigenvalue weighted by Crippen LogP contribution is 2.21. The first-order chi connectivity index (χ1) is 12.5. The molecule has 0 fully saturated rings. The lowest BCUT2D eigenvalue weighted by Crippen LogP contribution is -2.32. The van der Waals surface area contributed by atoms with Gasteiger partial charge < -0.3 is 15.0 Å². The van der Waals surface area contributed by atoms with Crippen molar-refractivity contribution >= 4 is 11.9 Å². The molecule has 1 atom stereocenters. The van der Waals surface area contributed by atoms with Gasteiger partial charge in [-0.2, -0.15) is 0 Å². The SMILES string of the molecule is Cc1nnc([C@@H](NC(=O)c2cccc(C(=O)O)n2)c2ccccc2)n1C. The summed E-state index contributed by atoms with van der Waals surface area (Å²) in [6.07, 6.45) is 0. The second-order valence-electron chi connectivity index (χ2n) is 5.69. The normalized spacial score (nSPS) is 11.8. The number of benzene rings is 1. The number of carboxylic acids is 1. The zero-order chi connectivity index (χ0) is 18.7. The Morgan fingerprint density at radius 2 is 1.73 bits per heavy atom. The quantitative estimate of drug-likeness (QED) is 0.724. The van der Waals surface area contributed by atoms with Gasteiger partial charge in [0.2, 0.25) is 0 Å². The van der Waals surface area contributed by atoms with Crippen LogP contribution in [-0.4, -0.2) is 36.7 Å². The Hall–Kier alpha value is -3.55. The van der Waals surface area contributed by atoms with Gasteiger partial charge in [-0.1, -0.05) is 36.4 Å². The fraction of sp³-hybridized carbons (Fsp3) is 0.167. The Kier molecular flexibility index (Phi) is 4.74. The maximum absolute atomic E-state index is 12.7. The molecule has 0 aliphatic heterocycles. The average molecular weight is 351 g/mol. The summed E-state index contributed by atoms with van der Waals surface area (Å²) in [6, 6.07) is 13.1. The van der Waals surface area contributed by atoms with Crippen molar-refractivity contribution in [1.29, 1.82) is 0 Å². The molecule has 132 valence electrons. The highest BCUT2D eigenvalue weighted by Gasteiger charge is 2.24. The highest BCUT2D eigenvalue weighted by molar-refractivity contribution is 5.94. The van der Waals surface area contributed by atoms with E-state index in [-0.39, 0.29) is 11.4 Å². The number of hydrogen-bond acceptors (Lipinski definition) is 5. The third kappa shape index (κ3) is 3.44. The molecule has 1 aromatic carbocycles. The second-order valence-corrected chi connectivity index (χ2v) is 5.69. The standard InChI is InChI=1S/C18H17N5O3/c1-11-21-22-16(23(11)2)15(12-7-4-3-5-8-12)20-17(24)13-9-6-10-14(19-13)18(25)26/h3-10,15H,1-2H3,(H,20,24)(H,25,26)/t15-/m0/s1. The number of carboxylic acid groups (broad SMARTS) is 1. The van der Waals surface area contributed by atoms with Gasteiger partial charge in [0.1, 0.15) is 23.3 Å². The molecule has 8 nitrogen and oxygen atoms in total. The molecule has 0 radical (unpaired) electrons. The molecular weight excluding hydrogens is 334 g/mol. The van der Waals surface area contributed by atoms with Gasteiger partial charge in [-0.3, -0.25) is 4.79 Å². The van der Waals surface area contributed by atoms with Crippen molar-refractivity contribution in [2.75, 3.05) is 0 Å². The Morgan fingerprint density at radius 3 is 2.35 bits per heavy atom. The number of nitrogens with zero attached hydrogens (tertiary/aromatic N) is 4. The number of amides is 1. The molecule has 8 heteroatoms. The van der Waals surface area contributed by atoms with E-state index < -0.39 is 17.9 Å². The fourth-order valence-corrected chi connectivity index (χ4v) is 2.50. The molecule has 0 saturated carbocycles. The van der Waals surface area contributed by atoms with Crippen molar-refractivity contribution in [3.8, 4) is 0 Å². The fourth-order valence-electron chi connectivity index (χ4n) is 2.50. The zero-order valence-electron chi connectivity index (χ0n) is 14.2. The van der Waals surface area contributed by atoms with E-state index >= 15 is 0 Å². The number of rotatable bonds is 5. The number of carbonyl (C=O) groups is 2. The number of pyridine rings is 1. The molecular formula is C18H17N5O3. The van der Waals surface area contributed by atoms with Crippen molar-refractivity contribution in [1.82, 2.24) is 25.1 Å². The van der Waals surface area contributed by atoms with Crippen LogP contribution in [0.25, 0.3) is 0 Å². The Labute approximate surface area is 149 Å². The van der Waals surface area contributed by atoms with Gasteiger partial charge in [-0.05, 0) is 24.6 Å². The summed E-state index contributed by atoms with van der Waals surface area (Å²) < 4.78 is 1.79. The minimum Gasteiger partial charge on any atom is -0.477 e. The van der Waals surface area contributed by atoms with E-state index in [9.17, 15) is 9.59 Å². The van der Waals surface area contributed by atoms with E-state index in [1.807, 2.05) is 44.3 Å². The van der Waals surface area contributed by atoms with E-state index in [0.29, 0.717) is 11.6 Å². The van der Waals surface area contributed by atoms with Gasteiger partial charge in [0, 0.05) is 7.05 Å². The van der Waals surface area contributed by atoms with Crippen LogP contribution in [0, 0.1) is 6.92 Å². The predicted molar refractivity (Wildman–Crippen MR) is 92.7 cm³/mol. The lowest BCUT2D eigenvalue weighted by Gasteiger charge is -2.18. The summed E-state index contributed by atoms with van der Waals surface area (Å²) in [5.41, 5.74) is 0.652. The lowest BCUT2D eigenvalue weighted by molar-refractivity contribution is 0.0690. The van der Waals surface area contributed by atoms with Crippen molar-refractivity contribution in [2.45, 2.75) is 13.0 Å². The summed E-state index contributed by atoms with van der Waals surface area (Å²) >= 11 is 0. The van der Waals surface area contributed by atoms with Crippen molar-refractivity contribution in [2.24, 2.45) is 7.05 Å². The topological polar surface area (TPSA) is 110 Å². The summed E-state index contributed by atoms with van der Waals surface area (Å²) in [5, 5.41) is 20.1. The summed E-state index contributed by atoms with van der Waals surface area (Å²) in [7, 11) is 1.82. The minimum atomic E-state index is -1.19. The molecule has 0 aliphatic rings. The number of carbonyl (C=O) groups excluding carboxylic acids is 1. The molecule has 2 heterocycles. The molecule has 0 saturated heterocycles. The summed E-state index contributed by atoms with van der Waals surface area (Å²) in [4.78, 5) is 27.6. The van der Waals surface area contributed by atoms with E-state index in [2.05, 4.69) is 20.5 Å². The molecule has 2 N–H and O–H groups in total. The first kappa shape index (κ1) is 17.3. The van der Waals surface area contributed by atoms with Crippen molar-refractivity contribution < 1.29 is 14.7 Å². The van der Waals surface area contributed by atoms with Crippen molar-refractivity contribution in [3.63, 3.8) is 0 Å². The monoisotopic (exact) mass is 351 g/mol. The number of hydrogen-bond donors (Lipinski definition) is 2. The van der Waals surface area contributed by atoms with E-state index in [0.717, 1.165) is 5.56 Å². The molecule has 0 aliphatic carbocycles. The maximum atomic E-state index is 12.7. The van der Waals surface area contributed by atoms with Crippen LogP contribution in [0.4, 0.5) is 0 Å². The molecule has 2 aromatic heterocycles. The molecule has 26 heavy (non-hydrogen) atoms. The van der Waals surface area contributed by atoms with Crippen LogP contribution in [0.15, 0.2) is 48.5 Å². The Morgan fingerprint density at radius 1 is 1.04 bits per heavy atom. The predicted octanol–water partition coefficient (Wildman–Crippen LogP) is 1.74. The summed E-state index contributed by atoms with van der Waals surface area (Å²) in [6.45, 7) is 1.82. The minimum absolute atomic E-state index is 0.0183. The first-order valence-electron chi connectivity index (χ1n) is 7.89. The van der Waals surface area contributed by atoms with Gasteiger partial charge in [-0.15, -0.1) is 10.2 Å².